The zero-order valence-electron chi connectivity index (χ0n) is 18.7. The van der Waals surface area contributed by atoms with E-state index in [-0.39, 0.29) is 0 Å². The van der Waals surface area contributed by atoms with Gasteiger partial charge in [0.1, 0.15) is 6.54 Å². The molecule has 1 saturated heterocycles. The van der Waals surface area contributed by atoms with Crippen molar-refractivity contribution in [3.05, 3.63) is 60.2 Å². The minimum absolute atomic E-state index is 0.339. The summed E-state index contributed by atoms with van der Waals surface area (Å²) < 4.78 is 0. The highest BCUT2D eigenvalue weighted by atomic mass is 16.2. The predicted molar refractivity (Wildman–Crippen MR) is 122 cm³/mol. The fourth-order valence-electron chi connectivity index (χ4n) is 3.81. The summed E-state index contributed by atoms with van der Waals surface area (Å²) in [6.07, 6.45) is 0. The molecule has 2 aromatic carbocycles. The first kappa shape index (κ1) is 23.0. The first-order chi connectivity index (χ1) is 15.2. The van der Waals surface area contributed by atoms with Crippen LogP contribution in [0.4, 0.5) is 16.2 Å². The van der Waals surface area contributed by atoms with Gasteiger partial charge in [-0.05, 0) is 57.5 Å². The van der Waals surface area contributed by atoms with Crippen molar-refractivity contribution >= 4 is 35.1 Å². The van der Waals surface area contributed by atoms with E-state index in [4.69, 9.17) is 0 Å². The smallest absolute Gasteiger partial charge is 0.335 e. The van der Waals surface area contributed by atoms with Crippen LogP contribution in [0.25, 0.3) is 0 Å². The third-order valence-electron chi connectivity index (χ3n) is 5.50. The largest absolute Gasteiger partial charge is 0.369 e. The van der Waals surface area contributed by atoms with Gasteiger partial charge in [-0.2, -0.15) is 0 Å². The van der Waals surface area contributed by atoms with Crippen molar-refractivity contribution in [1.82, 2.24) is 9.80 Å². The summed E-state index contributed by atoms with van der Waals surface area (Å²) in [5.41, 5.74) is 2.29. The van der Waals surface area contributed by atoms with Crippen molar-refractivity contribution in [3.8, 4) is 0 Å². The summed E-state index contributed by atoms with van der Waals surface area (Å²) in [4.78, 5) is 53.9. The molecule has 1 aliphatic heterocycles. The van der Waals surface area contributed by atoms with E-state index in [1.54, 1.807) is 43.3 Å². The Morgan fingerprint density at radius 2 is 1.56 bits per heavy atom. The monoisotopic (exact) mass is 436 g/mol. The van der Waals surface area contributed by atoms with Gasteiger partial charge < -0.3 is 10.2 Å². The molecule has 1 aliphatic rings. The number of imide groups is 2. The molecule has 8 nitrogen and oxygen atoms in total. The van der Waals surface area contributed by atoms with Crippen molar-refractivity contribution in [2.24, 2.45) is 0 Å². The van der Waals surface area contributed by atoms with Crippen LogP contribution in [0.3, 0.4) is 0 Å². The summed E-state index contributed by atoms with van der Waals surface area (Å²) >= 11 is 0. The number of urea groups is 1. The molecular weight excluding hydrogens is 408 g/mol. The Kier molecular flexibility index (Phi) is 6.92. The molecule has 168 valence electrons. The predicted octanol–water partition coefficient (Wildman–Crippen LogP) is 3.41. The van der Waals surface area contributed by atoms with E-state index >= 15 is 0 Å². The topological polar surface area (TPSA) is 90.0 Å². The summed E-state index contributed by atoms with van der Waals surface area (Å²) in [5.74, 6) is -2.49. The molecule has 8 heteroatoms. The molecule has 1 unspecified atom stereocenters. The molecule has 3 rings (SSSR count). The summed E-state index contributed by atoms with van der Waals surface area (Å²) in [5, 5.41) is 2.68. The van der Waals surface area contributed by atoms with E-state index in [1.807, 2.05) is 18.2 Å². The lowest BCUT2D eigenvalue weighted by Crippen LogP contribution is -2.39. The molecule has 0 radical (unpaired) electrons. The summed E-state index contributed by atoms with van der Waals surface area (Å²) in [6.45, 7) is 8.27. The zero-order valence-corrected chi connectivity index (χ0v) is 18.7. The second-order valence-electron chi connectivity index (χ2n) is 7.91. The van der Waals surface area contributed by atoms with Crippen LogP contribution in [0.1, 0.15) is 39.3 Å². The quantitative estimate of drug-likeness (QED) is 0.506. The molecule has 0 spiro atoms. The van der Waals surface area contributed by atoms with Gasteiger partial charge in [0, 0.05) is 24.0 Å². The molecule has 32 heavy (non-hydrogen) atoms. The van der Waals surface area contributed by atoms with Crippen LogP contribution in [0.5, 0.6) is 0 Å². The lowest BCUT2D eigenvalue weighted by molar-refractivity contribution is -0.144. The minimum Gasteiger partial charge on any atom is -0.369 e. The van der Waals surface area contributed by atoms with E-state index < -0.39 is 36.3 Å². The van der Waals surface area contributed by atoms with Gasteiger partial charge in [-0.25, -0.2) is 14.6 Å². The SMILES string of the molecule is CCN(c1ccc(NC(=O)CN2C(=O)C(=O)N(C(C)c3ccccc3)C2=O)cc1)C(C)C. The fourth-order valence-corrected chi connectivity index (χ4v) is 3.81. The van der Waals surface area contributed by atoms with E-state index in [0.717, 1.165) is 22.7 Å². The Hall–Kier alpha value is -3.68. The van der Waals surface area contributed by atoms with Gasteiger partial charge in [0.05, 0.1) is 6.04 Å². The Balaban J connectivity index is 1.66. The first-order valence-electron chi connectivity index (χ1n) is 10.6. The Labute approximate surface area is 187 Å². The van der Waals surface area contributed by atoms with Crippen LogP contribution in [-0.4, -0.2) is 52.7 Å². The first-order valence-corrected chi connectivity index (χ1v) is 10.6. The standard InChI is InChI=1S/C24H28N4O4/c1-5-26(16(2)3)20-13-11-19(12-14-20)25-21(29)15-27-22(30)23(31)28(24(27)32)17(4)18-9-7-6-8-10-18/h6-14,16-17H,5,15H2,1-4H3,(H,25,29). The average Bonchev–Trinajstić information content (AvgIpc) is 2.98. The van der Waals surface area contributed by atoms with E-state index in [0.29, 0.717) is 16.6 Å². The number of rotatable bonds is 8. The van der Waals surface area contributed by atoms with Gasteiger partial charge in [-0.15, -0.1) is 0 Å². The molecule has 5 amide bonds. The second-order valence-corrected chi connectivity index (χ2v) is 7.91. The maximum atomic E-state index is 12.8. The van der Waals surface area contributed by atoms with Gasteiger partial charge in [-0.3, -0.25) is 14.4 Å². The Bertz CT molecular complexity index is 1000. The second kappa shape index (κ2) is 9.64. The molecular formula is C24H28N4O4. The van der Waals surface area contributed by atoms with E-state index in [1.165, 1.54) is 0 Å². The lowest BCUT2D eigenvalue weighted by Gasteiger charge is -2.27. The van der Waals surface area contributed by atoms with Crippen LogP contribution in [-0.2, 0) is 14.4 Å². The lowest BCUT2D eigenvalue weighted by atomic mass is 10.1. The van der Waals surface area contributed by atoms with Gasteiger partial charge in [0.25, 0.3) is 0 Å². The van der Waals surface area contributed by atoms with Crippen LogP contribution in [0.15, 0.2) is 54.6 Å². The number of benzene rings is 2. The highest BCUT2D eigenvalue weighted by Crippen LogP contribution is 2.26. The number of hydrogen-bond acceptors (Lipinski definition) is 5. The number of anilines is 2. The third kappa shape index (κ3) is 4.64. The number of carbonyl (C=O) groups is 4. The molecule has 0 aromatic heterocycles. The number of nitrogens with zero attached hydrogens (tertiary/aromatic N) is 3. The van der Waals surface area contributed by atoms with Gasteiger partial charge in [0.2, 0.25) is 5.91 Å². The van der Waals surface area contributed by atoms with Crippen LogP contribution < -0.4 is 10.2 Å². The molecule has 1 atom stereocenters. The molecule has 1 heterocycles. The summed E-state index contributed by atoms with van der Waals surface area (Å²) in [6, 6.07) is 15.2. The van der Waals surface area contributed by atoms with Crippen LogP contribution >= 0.6 is 0 Å². The molecule has 2 aromatic rings. The molecule has 0 bridgehead atoms. The Morgan fingerprint density at radius 3 is 2.12 bits per heavy atom. The highest BCUT2D eigenvalue weighted by molar-refractivity contribution is 6.45. The van der Waals surface area contributed by atoms with Crippen molar-refractivity contribution in [3.63, 3.8) is 0 Å². The van der Waals surface area contributed by atoms with Crippen molar-refractivity contribution < 1.29 is 19.2 Å². The number of hydrogen-bond donors (Lipinski definition) is 1. The third-order valence-corrected chi connectivity index (χ3v) is 5.50. The summed E-state index contributed by atoms with van der Waals surface area (Å²) in [7, 11) is 0. The Morgan fingerprint density at radius 1 is 0.938 bits per heavy atom. The number of carbonyl (C=O) groups excluding carboxylic acids is 4. The van der Waals surface area contributed by atoms with Crippen molar-refractivity contribution in [2.75, 3.05) is 23.3 Å². The zero-order chi connectivity index (χ0) is 23.4. The average molecular weight is 437 g/mol. The van der Waals surface area contributed by atoms with Crippen LogP contribution in [0.2, 0.25) is 0 Å². The van der Waals surface area contributed by atoms with Crippen molar-refractivity contribution in [2.45, 2.75) is 39.8 Å². The van der Waals surface area contributed by atoms with Crippen molar-refractivity contribution in [1.29, 1.82) is 0 Å². The highest BCUT2D eigenvalue weighted by Gasteiger charge is 2.47. The van der Waals surface area contributed by atoms with E-state index in [9.17, 15) is 19.2 Å². The van der Waals surface area contributed by atoms with Gasteiger partial charge >= 0.3 is 17.8 Å². The maximum Gasteiger partial charge on any atom is 0.335 e. The fraction of sp³-hybridized carbons (Fsp3) is 0.333. The number of nitrogens with one attached hydrogen (secondary N) is 1. The van der Waals surface area contributed by atoms with Gasteiger partial charge in [-0.1, -0.05) is 30.3 Å². The minimum atomic E-state index is -1.00. The molecule has 1 N–H and O–H groups in total. The molecule has 0 aliphatic carbocycles. The molecule has 0 saturated carbocycles. The maximum absolute atomic E-state index is 12.8. The van der Waals surface area contributed by atoms with Gasteiger partial charge in [0.15, 0.2) is 0 Å². The normalized spacial score (nSPS) is 14.8. The number of amides is 5. The van der Waals surface area contributed by atoms with E-state index in [2.05, 4.69) is 31.0 Å². The van der Waals surface area contributed by atoms with Crippen LogP contribution in [0, 0.1) is 0 Å². The molecule has 1 fully saturated rings.